The first-order valence-electron chi connectivity index (χ1n) is 8.54. The molecule has 2 fully saturated rings. The van der Waals surface area contributed by atoms with Gasteiger partial charge in [0.1, 0.15) is 0 Å². The fourth-order valence-corrected chi connectivity index (χ4v) is 3.50. The van der Waals surface area contributed by atoms with E-state index in [1.54, 1.807) is 0 Å². The van der Waals surface area contributed by atoms with Crippen molar-refractivity contribution in [2.45, 2.75) is 12.5 Å². The van der Waals surface area contributed by atoms with Crippen molar-refractivity contribution in [2.24, 2.45) is 0 Å². The molecule has 2 aliphatic heterocycles. The number of rotatable bonds is 3. The van der Waals surface area contributed by atoms with Crippen LogP contribution in [0, 0.1) is 0 Å². The van der Waals surface area contributed by atoms with E-state index in [1.165, 1.54) is 0 Å². The van der Waals surface area contributed by atoms with Crippen molar-refractivity contribution in [3.05, 3.63) is 29.8 Å². The van der Waals surface area contributed by atoms with E-state index in [2.05, 4.69) is 16.8 Å². The van der Waals surface area contributed by atoms with Crippen LogP contribution in [-0.2, 0) is 0 Å². The molecule has 1 aromatic carbocycles. The van der Waals surface area contributed by atoms with Crippen LogP contribution in [0.4, 0.5) is 5.69 Å². The molecule has 126 valence electrons. The van der Waals surface area contributed by atoms with Crippen LogP contribution in [0.2, 0.25) is 0 Å². The molecular formula is C18H28N4O. The number of piperazine rings is 1. The van der Waals surface area contributed by atoms with Gasteiger partial charge in [0.15, 0.2) is 0 Å². The lowest BCUT2D eigenvalue weighted by Gasteiger charge is -2.36. The molecule has 0 spiro atoms. The molecule has 5 heteroatoms. The van der Waals surface area contributed by atoms with Crippen LogP contribution in [0.3, 0.4) is 0 Å². The van der Waals surface area contributed by atoms with Crippen molar-refractivity contribution in [3.63, 3.8) is 0 Å². The largest absolute Gasteiger partial charge is 0.378 e. The highest BCUT2D eigenvalue weighted by Gasteiger charge is 2.31. The minimum absolute atomic E-state index is 0.173. The Labute approximate surface area is 139 Å². The summed E-state index contributed by atoms with van der Waals surface area (Å²) >= 11 is 0. The molecule has 2 aliphatic rings. The second-order valence-corrected chi connectivity index (χ2v) is 6.97. The Morgan fingerprint density at radius 2 is 1.70 bits per heavy atom. The highest BCUT2D eigenvalue weighted by Crippen LogP contribution is 2.20. The zero-order chi connectivity index (χ0) is 16.4. The van der Waals surface area contributed by atoms with Gasteiger partial charge in [0.25, 0.3) is 5.91 Å². The first kappa shape index (κ1) is 16.3. The van der Waals surface area contributed by atoms with E-state index < -0.39 is 0 Å². The van der Waals surface area contributed by atoms with Gasteiger partial charge in [0, 0.05) is 70.7 Å². The molecule has 2 heterocycles. The second kappa shape index (κ2) is 6.89. The summed E-state index contributed by atoms with van der Waals surface area (Å²) in [5.41, 5.74) is 1.92. The molecule has 0 aliphatic carbocycles. The Bertz CT molecular complexity index is 534. The number of hydrogen-bond acceptors (Lipinski definition) is 4. The van der Waals surface area contributed by atoms with Crippen LogP contribution in [0.1, 0.15) is 16.8 Å². The summed E-state index contributed by atoms with van der Waals surface area (Å²) in [4.78, 5) is 21.7. The lowest BCUT2D eigenvalue weighted by atomic mass is 10.1. The minimum Gasteiger partial charge on any atom is -0.378 e. The molecule has 5 nitrogen and oxygen atoms in total. The molecule has 1 amide bonds. The highest BCUT2D eigenvalue weighted by atomic mass is 16.2. The molecule has 0 unspecified atom stereocenters. The van der Waals surface area contributed by atoms with E-state index >= 15 is 0 Å². The summed E-state index contributed by atoms with van der Waals surface area (Å²) in [6, 6.07) is 8.46. The number of amides is 1. The molecule has 0 aromatic heterocycles. The van der Waals surface area contributed by atoms with Gasteiger partial charge in [-0.1, -0.05) is 0 Å². The second-order valence-electron chi connectivity index (χ2n) is 6.97. The molecule has 0 radical (unpaired) electrons. The molecular weight excluding hydrogens is 288 g/mol. The third kappa shape index (κ3) is 3.67. The number of carbonyl (C=O) groups excluding carboxylic acids is 1. The van der Waals surface area contributed by atoms with Crippen LogP contribution in [0.15, 0.2) is 24.3 Å². The molecule has 23 heavy (non-hydrogen) atoms. The summed E-state index contributed by atoms with van der Waals surface area (Å²) in [5.74, 6) is 0.173. The lowest BCUT2D eigenvalue weighted by Crippen LogP contribution is -2.50. The van der Waals surface area contributed by atoms with Gasteiger partial charge in [0.2, 0.25) is 0 Å². The number of anilines is 1. The van der Waals surface area contributed by atoms with Crippen LogP contribution >= 0.6 is 0 Å². The van der Waals surface area contributed by atoms with Gasteiger partial charge >= 0.3 is 0 Å². The number of benzene rings is 1. The minimum atomic E-state index is 0.173. The van der Waals surface area contributed by atoms with E-state index in [0.29, 0.717) is 6.04 Å². The number of nitrogens with zero attached hydrogens (tertiary/aromatic N) is 4. The molecule has 0 bridgehead atoms. The summed E-state index contributed by atoms with van der Waals surface area (Å²) < 4.78 is 0. The summed E-state index contributed by atoms with van der Waals surface area (Å²) in [6.45, 7) is 6.28. The van der Waals surface area contributed by atoms with Gasteiger partial charge in [-0.3, -0.25) is 9.69 Å². The average Bonchev–Trinajstić information content (AvgIpc) is 3.05. The van der Waals surface area contributed by atoms with E-state index in [0.717, 1.165) is 56.9 Å². The van der Waals surface area contributed by atoms with E-state index in [-0.39, 0.29) is 5.91 Å². The number of carbonyl (C=O) groups is 1. The first-order valence-corrected chi connectivity index (χ1v) is 8.54. The maximum absolute atomic E-state index is 12.7. The van der Waals surface area contributed by atoms with Gasteiger partial charge < -0.3 is 14.7 Å². The summed E-state index contributed by atoms with van der Waals surface area (Å²) in [6.07, 6.45) is 1.10. The van der Waals surface area contributed by atoms with Crippen molar-refractivity contribution in [1.29, 1.82) is 0 Å². The first-order chi connectivity index (χ1) is 11.0. The summed E-state index contributed by atoms with van der Waals surface area (Å²) in [5, 5.41) is 0. The molecule has 1 atom stereocenters. The topological polar surface area (TPSA) is 30.0 Å². The number of likely N-dealkylation sites (N-methyl/N-ethyl adjacent to an activating group) is 1. The van der Waals surface area contributed by atoms with Gasteiger partial charge in [-0.25, -0.2) is 0 Å². The van der Waals surface area contributed by atoms with Gasteiger partial charge in [-0.2, -0.15) is 0 Å². The van der Waals surface area contributed by atoms with Crippen LogP contribution in [0.25, 0.3) is 0 Å². The molecule has 0 N–H and O–H groups in total. The predicted molar refractivity (Wildman–Crippen MR) is 94.1 cm³/mol. The fraction of sp³-hybridized carbons (Fsp3) is 0.611. The Kier molecular flexibility index (Phi) is 4.87. The van der Waals surface area contributed by atoms with Crippen molar-refractivity contribution in [1.82, 2.24) is 14.7 Å². The summed E-state index contributed by atoms with van der Waals surface area (Å²) in [7, 11) is 6.20. The Hall–Kier alpha value is -1.59. The lowest BCUT2D eigenvalue weighted by molar-refractivity contribution is 0.0755. The monoisotopic (exact) mass is 316 g/mol. The standard InChI is InChI=1S/C18H28N4O/c1-19(2)16-6-4-15(5-7-16)18(23)22-9-8-17(14-22)21-12-10-20(3)11-13-21/h4-7,17H,8-14H2,1-3H3/t17-/m0/s1. The zero-order valence-corrected chi connectivity index (χ0v) is 14.5. The van der Waals surface area contributed by atoms with E-state index in [1.807, 2.05) is 48.2 Å². The zero-order valence-electron chi connectivity index (χ0n) is 14.5. The average molecular weight is 316 g/mol. The Morgan fingerprint density at radius 3 is 2.30 bits per heavy atom. The van der Waals surface area contributed by atoms with Crippen LogP contribution in [-0.4, -0.2) is 87.1 Å². The van der Waals surface area contributed by atoms with Crippen molar-refractivity contribution < 1.29 is 4.79 Å². The SMILES string of the molecule is CN1CCN([C@H]2CCN(C(=O)c3ccc(N(C)C)cc3)C2)CC1. The number of hydrogen-bond donors (Lipinski definition) is 0. The van der Waals surface area contributed by atoms with Crippen LogP contribution < -0.4 is 4.90 Å². The molecule has 1 aromatic rings. The highest BCUT2D eigenvalue weighted by molar-refractivity contribution is 5.94. The van der Waals surface area contributed by atoms with Crippen molar-refractivity contribution in [3.8, 4) is 0 Å². The number of likely N-dealkylation sites (tertiary alicyclic amines) is 1. The maximum atomic E-state index is 12.7. The van der Waals surface area contributed by atoms with Crippen LogP contribution in [0.5, 0.6) is 0 Å². The van der Waals surface area contributed by atoms with E-state index in [4.69, 9.17) is 0 Å². The van der Waals surface area contributed by atoms with E-state index in [9.17, 15) is 4.79 Å². The van der Waals surface area contributed by atoms with Gasteiger partial charge in [-0.15, -0.1) is 0 Å². The molecule has 3 rings (SSSR count). The Balaban J connectivity index is 1.58. The van der Waals surface area contributed by atoms with Gasteiger partial charge in [-0.05, 0) is 37.7 Å². The smallest absolute Gasteiger partial charge is 0.253 e. The maximum Gasteiger partial charge on any atom is 0.253 e. The van der Waals surface area contributed by atoms with Crippen molar-refractivity contribution >= 4 is 11.6 Å². The van der Waals surface area contributed by atoms with Gasteiger partial charge in [0.05, 0.1) is 0 Å². The normalized spacial score (nSPS) is 23.3. The third-order valence-electron chi connectivity index (χ3n) is 5.14. The molecule has 0 saturated carbocycles. The van der Waals surface area contributed by atoms with Crippen molar-refractivity contribution in [2.75, 3.05) is 65.3 Å². The fourth-order valence-electron chi connectivity index (χ4n) is 3.50. The quantitative estimate of drug-likeness (QED) is 0.839. The Morgan fingerprint density at radius 1 is 1.04 bits per heavy atom. The third-order valence-corrected chi connectivity index (χ3v) is 5.14. The predicted octanol–water partition coefficient (Wildman–Crippen LogP) is 1.21. The molecule has 2 saturated heterocycles.